The van der Waals surface area contributed by atoms with Crippen LogP contribution in [-0.2, 0) is 118 Å². The summed E-state index contributed by atoms with van der Waals surface area (Å²) in [6.07, 6.45) is -14.6. The molecule has 4 heterocycles. The second-order valence-corrected chi connectivity index (χ2v) is 33.9. The highest BCUT2D eigenvalue weighted by Gasteiger charge is 2.50. The Hall–Kier alpha value is -7.99. The lowest BCUT2D eigenvalue weighted by Gasteiger charge is -2.42. The van der Waals surface area contributed by atoms with Crippen LogP contribution in [-0.4, -0.2) is 448 Å². The van der Waals surface area contributed by atoms with Crippen LogP contribution in [0.4, 0.5) is 5.69 Å². The van der Waals surface area contributed by atoms with Gasteiger partial charge in [0.05, 0.1) is 112 Å². The lowest BCUT2D eigenvalue weighted by atomic mass is 9.97. The van der Waals surface area contributed by atoms with Crippen molar-refractivity contribution in [3.8, 4) is 0 Å². The number of phosphoric ester groups is 1. The van der Waals surface area contributed by atoms with Gasteiger partial charge in [-0.2, -0.15) is 0 Å². The lowest BCUT2D eigenvalue weighted by Crippen LogP contribution is -2.64. The van der Waals surface area contributed by atoms with Crippen LogP contribution in [0.2, 0.25) is 0 Å². The van der Waals surface area contributed by atoms with E-state index in [4.69, 9.17) is 61.4 Å². The summed E-state index contributed by atoms with van der Waals surface area (Å²) in [5.74, 6) is -8.85. The minimum Gasteiger partial charge on any atom is -0.394 e. The number of amides is 12. The fourth-order valence-electron chi connectivity index (χ4n) is 14.4. The third-order valence-corrected chi connectivity index (χ3v) is 22.3. The Balaban J connectivity index is 1.38. The first-order valence-corrected chi connectivity index (χ1v) is 46.7. The van der Waals surface area contributed by atoms with Gasteiger partial charge >= 0.3 is 7.82 Å². The Kier molecular flexibility index (Phi) is 56.7. The number of anilines is 1. The zero-order valence-electron chi connectivity index (χ0n) is 77.2. The van der Waals surface area contributed by atoms with Gasteiger partial charge in [-0.25, -0.2) is 4.57 Å². The molecule has 5 rings (SSSR count). The fraction of sp³-hybridized carbons (Fsp3) is 0.783. The number of hydrogen-bond acceptors (Lipinski definition) is 39. The summed E-state index contributed by atoms with van der Waals surface area (Å²) >= 11 is 0. The molecule has 0 spiro atoms. The SMILES string of the molecule is COP(=O)(O)OCCCCCCNC(=O)CCCCCCCCCCC(=O)Nc1cc(C(=O)N(CC(=O)NCCOCCOC2OC(CO)C(O)C(O)C2NC(C)=O)CC(=O)NCCOCCOC2OC(CO)C(O)C(O)C2NC(C)=O)cc(C(=O)N(CC(=O)NCCOCCOC2OC(CO)C(O)C(O)C2NC(C)=O)CC(=O)NCCOCCOC2OC(CO)C(O)C(O)C2NC(C)=O)c1. The quantitative estimate of drug-likeness (QED) is 0.0213. The van der Waals surface area contributed by atoms with Crippen LogP contribution in [0.25, 0.3) is 0 Å². The van der Waals surface area contributed by atoms with Gasteiger partial charge in [-0.1, -0.05) is 51.4 Å². The van der Waals surface area contributed by atoms with Crippen LogP contribution in [0.15, 0.2) is 18.2 Å². The molecule has 778 valence electrons. The van der Waals surface area contributed by atoms with E-state index in [2.05, 4.69) is 57.7 Å². The van der Waals surface area contributed by atoms with Crippen molar-refractivity contribution < 1.29 is 194 Å². The molecule has 1 aromatic rings. The van der Waals surface area contributed by atoms with Crippen LogP contribution in [0, 0.1) is 0 Å². The standard InChI is InChI=1S/C83H141N12O40P/c1-49(100)89-66-74(114)70(110)56(45-96)132-80(66)127-34-30-123-26-21-85-62(106)41-94(42-63(107)86-22-27-124-31-35-128-81-67(90-50(2)101)75(115)71(111)57(46-97)133-81)78(118)53-38-54(40-55(39-53)93-61(105)19-15-11-9-7-6-8-10-14-18-60(104)84-20-16-12-13-17-25-131-136(120,121)122-5)79(119)95(43-64(108)87-23-28-125-32-36-129-82-68(91-51(3)102)76(116)72(112)58(47-98)134-82)44-65(109)88-24-29-126-33-37-130-83-69(92-52(4)103)77(117)73(113)59(48-99)135-83/h38-40,56-59,66-77,80-83,96-99,110-117H,6-37,41-48H2,1-5H3,(H,84,104)(H,85,106)(H,86,107)(H,87,108)(H,88,109)(H,89,100)(H,90,101)(H,91,102)(H,92,103)(H,93,105)(H,120,121). The second kappa shape index (κ2) is 65.1. The Morgan fingerprint density at radius 3 is 0.897 bits per heavy atom. The average molecular weight is 1980 g/mol. The summed E-state index contributed by atoms with van der Waals surface area (Å²) in [4.78, 5) is 172. The summed E-state index contributed by atoms with van der Waals surface area (Å²) in [6, 6.07) is -1.72. The van der Waals surface area contributed by atoms with Crippen molar-refractivity contribution >= 4 is 84.4 Å². The third kappa shape index (κ3) is 43.8. The maximum atomic E-state index is 15.3. The molecule has 0 saturated carbocycles. The first-order chi connectivity index (χ1) is 65.0. The highest BCUT2D eigenvalue weighted by atomic mass is 31.2. The van der Waals surface area contributed by atoms with E-state index in [1.165, 1.54) is 0 Å². The molecule has 21 unspecified atom stereocenters. The number of carbonyl (C=O) groups is 12. The van der Waals surface area contributed by atoms with Gasteiger partial charge in [-0.05, 0) is 43.9 Å². The molecule has 21 atom stereocenters. The molecule has 0 aliphatic carbocycles. The Labute approximate surface area is 786 Å². The zero-order chi connectivity index (χ0) is 100. The van der Waals surface area contributed by atoms with Gasteiger partial charge in [0.1, 0.15) is 124 Å². The lowest BCUT2D eigenvalue weighted by molar-refractivity contribution is -0.272. The van der Waals surface area contributed by atoms with E-state index in [0.717, 1.165) is 114 Å². The Bertz CT molecular complexity index is 3500. The van der Waals surface area contributed by atoms with Crippen LogP contribution < -0.4 is 53.2 Å². The molecule has 53 heteroatoms. The highest BCUT2D eigenvalue weighted by Crippen LogP contribution is 2.42. The molecule has 23 N–H and O–H groups in total. The summed E-state index contributed by atoms with van der Waals surface area (Å²) < 4.78 is 88.3. The number of hydrogen-bond donors (Lipinski definition) is 23. The number of aliphatic hydroxyl groups excluding tert-OH is 12. The molecule has 1 aromatic carbocycles. The number of unbranched alkanes of at least 4 members (excludes halogenated alkanes) is 10. The maximum Gasteiger partial charge on any atom is 0.471 e. The van der Waals surface area contributed by atoms with E-state index in [0.29, 0.717) is 38.6 Å². The van der Waals surface area contributed by atoms with E-state index in [1.54, 1.807) is 0 Å². The molecule has 4 fully saturated rings. The van der Waals surface area contributed by atoms with Gasteiger partial charge in [-0.15, -0.1) is 0 Å². The minimum absolute atomic E-state index is 0.0675. The summed E-state index contributed by atoms with van der Waals surface area (Å²) in [7, 11) is -2.95. The second-order valence-electron chi connectivity index (χ2n) is 32.3. The summed E-state index contributed by atoms with van der Waals surface area (Å²) in [5, 5.41) is 149. The Morgan fingerprint density at radius 1 is 0.338 bits per heavy atom. The average Bonchev–Trinajstić information content (AvgIpc) is 0.824. The molecule has 12 amide bonds. The van der Waals surface area contributed by atoms with E-state index < -0.39 is 259 Å². The molecule has 4 aliphatic rings. The van der Waals surface area contributed by atoms with Gasteiger partial charge in [0.15, 0.2) is 25.2 Å². The van der Waals surface area contributed by atoms with Gasteiger partial charge in [0.2, 0.25) is 59.1 Å². The molecule has 0 radical (unpaired) electrons. The maximum absolute atomic E-state index is 15.3. The third-order valence-electron chi connectivity index (χ3n) is 21.4. The van der Waals surface area contributed by atoms with E-state index in [-0.39, 0.29) is 130 Å². The van der Waals surface area contributed by atoms with Crippen LogP contribution >= 0.6 is 7.82 Å². The predicted octanol–water partition coefficient (Wildman–Crippen LogP) is -8.78. The highest BCUT2D eigenvalue weighted by molar-refractivity contribution is 7.47. The normalized spacial score (nSPS) is 25.3. The molecule has 0 aromatic heterocycles. The van der Waals surface area contributed by atoms with Gasteiger partial charge < -0.3 is 186 Å². The van der Waals surface area contributed by atoms with Crippen molar-refractivity contribution in [2.75, 3.05) is 184 Å². The Morgan fingerprint density at radius 2 is 0.610 bits per heavy atom. The summed E-state index contributed by atoms with van der Waals surface area (Å²) in [5.41, 5.74) is -1.09. The molecule has 4 saturated heterocycles. The number of ether oxygens (including phenoxy) is 12. The molecular formula is C83H141N12O40P. The van der Waals surface area contributed by atoms with Gasteiger partial charge in [0, 0.05) is 97.2 Å². The number of benzene rings is 1. The number of nitrogens with zero attached hydrogens (tertiary/aromatic N) is 2. The summed E-state index contributed by atoms with van der Waals surface area (Å²) in [6.45, 7) is -4.87. The van der Waals surface area contributed by atoms with Crippen molar-refractivity contribution in [2.45, 2.75) is 240 Å². The van der Waals surface area contributed by atoms with Crippen molar-refractivity contribution in [2.24, 2.45) is 0 Å². The van der Waals surface area contributed by atoms with Gasteiger partial charge in [0.25, 0.3) is 11.8 Å². The molecule has 52 nitrogen and oxygen atoms in total. The van der Waals surface area contributed by atoms with E-state index in [9.17, 15) is 119 Å². The molecule has 4 aliphatic heterocycles. The van der Waals surface area contributed by atoms with Crippen molar-refractivity contribution in [3.05, 3.63) is 29.3 Å². The van der Waals surface area contributed by atoms with Crippen LogP contribution in [0.5, 0.6) is 0 Å². The number of aliphatic hydroxyl groups is 12. The number of rotatable bonds is 67. The minimum atomic E-state index is -4.03. The van der Waals surface area contributed by atoms with Crippen LogP contribution in [0.1, 0.15) is 138 Å². The molecule has 0 bridgehead atoms. The number of phosphoric acid groups is 1. The monoisotopic (exact) mass is 1980 g/mol. The first kappa shape index (κ1) is 118. The molecular weight excluding hydrogens is 1840 g/mol. The smallest absolute Gasteiger partial charge is 0.394 e. The largest absolute Gasteiger partial charge is 0.471 e. The van der Waals surface area contributed by atoms with Crippen molar-refractivity contribution in [1.82, 2.24) is 57.7 Å². The molecule has 136 heavy (non-hydrogen) atoms. The van der Waals surface area contributed by atoms with E-state index in [1.807, 2.05) is 0 Å². The fourth-order valence-corrected chi connectivity index (χ4v) is 14.9. The number of nitrogens with one attached hydrogen (secondary N) is 10. The van der Waals surface area contributed by atoms with Gasteiger partial charge in [-0.3, -0.25) is 66.6 Å². The van der Waals surface area contributed by atoms with Crippen LogP contribution in [0.3, 0.4) is 0 Å². The zero-order valence-corrected chi connectivity index (χ0v) is 78.1. The topological polar surface area (TPSA) is 741 Å². The number of carbonyl (C=O) groups excluding carboxylic acids is 12. The first-order valence-electron chi connectivity index (χ1n) is 45.2. The van der Waals surface area contributed by atoms with Crippen molar-refractivity contribution in [3.63, 3.8) is 0 Å². The van der Waals surface area contributed by atoms with E-state index >= 15 is 9.59 Å². The van der Waals surface area contributed by atoms with Crippen molar-refractivity contribution in [1.29, 1.82) is 0 Å². The predicted molar refractivity (Wildman–Crippen MR) is 468 cm³/mol.